The van der Waals surface area contributed by atoms with E-state index in [0.29, 0.717) is 25.9 Å². The summed E-state index contributed by atoms with van der Waals surface area (Å²) in [5.41, 5.74) is 4.71. The number of aliphatic hydroxyl groups is 1. The number of hydrogen-bond acceptors (Lipinski definition) is 4. The van der Waals surface area contributed by atoms with Crippen LogP contribution >= 0.6 is 0 Å². The number of carbonyl (C=O) groups excluding carboxylic acids is 1. The molecule has 0 radical (unpaired) electrons. The first-order chi connectivity index (χ1) is 7.91. The number of rotatable bonds is 4. The Bertz CT molecular complexity index is 315. The zero-order valence-corrected chi connectivity index (χ0v) is 10.4. The molecule has 2 atom stereocenters. The van der Waals surface area contributed by atoms with E-state index in [1.54, 1.807) is 11.8 Å². The highest BCUT2D eigenvalue weighted by Gasteiger charge is 2.37. The van der Waals surface area contributed by atoms with Crippen LogP contribution in [0.15, 0.2) is 5.16 Å². The van der Waals surface area contributed by atoms with Crippen LogP contribution in [0.5, 0.6) is 0 Å². The monoisotopic (exact) mass is 243 g/mol. The third-order valence-electron chi connectivity index (χ3n) is 3.11. The van der Waals surface area contributed by atoms with Gasteiger partial charge in [0.15, 0.2) is 5.84 Å². The minimum Gasteiger partial charge on any atom is -0.409 e. The lowest BCUT2D eigenvalue weighted by Crippen LogP contribution is -2.42. The smallest absolute Gasteiger partial charge is 0.233 e. The summed E-state index contributed by atoms with van der Waals surface area (Å²) < 4.78 is 0. The van der Waals surface area contributed by atoms with Crippen LogP contribution in [-0.2, 0) is 4.79 Å². The molecule has 2 unspecified atom stereocenters. The number of amides is 1. The number of carbonyl (C=O) groups is 1. The second kappa shape index (κ2) is 5.35. The van der Waals surface area contributed by atoms with Crippen LogP contribution in [-0.4, -0.2) is 45.6 Å². The Labute approximate surface area is 101 Å². The first-order valence-electron chi connectivity index (χ1n) is 5.90. The van der Waals surface area contributed by atoms with Crippen molar-refractivity contribution in [3.63, 3.8) is 0 Å². The fraction of sp³-hybridized carbons (Fsp3) is 0.818. The number of β-amino-alcohol motifs (C(OH)–C–C–N with tert-alkyl or cyclic N) is 1. The molecule has 1 saturated heterocycles. The minimum atomic E-state index is -0.822. The highest BCUT2D eigenvalue weighted by molar-refractivity contribution is 6.02. The van der Waals surface area contributed by atoms with Crippen molar-refractivity contribution in [1.82, 2.24) is 4.90 Å². The summed E-state index contributed by atoms with van der Waals surface area (Å²) in [5, 5.41) is 21.4. The van der Waals surface area contributed by atoms with Crippen LogP contribution in [0.4, 0.5) is 0 Å². The third-order valence-corrected chi connectivity index (χ3v) is 3.11. The van der Waals surface area contributed by atoms with Crippen LogP contribution < -0.4 is 5.73 Å². The molecule has 1 fully saturated rings. The summed E-state index contributed by atoms with van der Waals surface area (Å²) in [7, 11) is 0. The van der Waals surface area contributed by atoms with Crippen molar-refractivity contribution in [3.8, 4) is 0 Å². The normalized spacial score (nSPS) is 27.2. The Morgan fingerprint density at radius 1 is 1.65 bits per heavy atom. The first kappa shape index (κ1) is 13.8. The van der Waals surface area contributed by atoms with E-state index in [1.165, 1.54) is 0 Å². The van der Waals surface area contributed by atoms with Crippen molar-refractivity contribution in [1.29, 1.82) is 0 Å². The molecule has 0 aromatic carbocycles. The highest BCUT2D eigenvalue weighted by Crippen LogP contribution is 2.23. The third kappa shape index (κ3) is 3.33. The molecule has 6 nitrogen and oxygen atoms in total. The largest absolute Gasteiger partial charge is 0.409 e. The summed E-state index contributed by atoms with van der Waals surface area (Å²) in [5.74, 6) is -0.804. The molecule has 17 heavy (non-hydrogen) atoms. The maximum absolute atomic E-state index is 12.2. The summed E-state index contributed by atoms with van der Waals surface area (Å²) in [6.45, 7) is 4.47. The molecule has 0 saturated carbocycles. The Kier molecular flexibility index (Phi) is 4.34. The molecule has 0 aromatic heterocycles. The van der Waals surface area contributed by atoms with Gasteiger partial charge in [-0.2, -0.15) is 0 Å². The van der Waals surface area contributed by atoms with Crippen molar-refractivity contribution in [3.05, 3.63) is 0 Å². The van der Waals surface area contributed by atoms with Gasteiger partial charge in [0.1, 0.15) is 0 Å². The van der Waals surface area contributed by atoms with Gasteiger partial charge in [-0.15, -0.1) is 0 Å². The zero-order chi connectivity index (χ0) is 13.1. The van der Waals surface area contributed by atoms with E-state index < -0.39 is 11.5 Å². The highest BCUT2D eigenvalue weighted by atomic mass is 16.4. The fourth-order valence-electron chi connectivity index (χ4n) is 2.11. The van der Waals surface area contributed by atoms with E-state index in [4.69, 9.17) is 10.9 Å². The molecule has 0 bridgehead atoms. The lowest BCUT2D eigenvalue weighted by atomic mass is 10.0. The predicted molar refractivity (Wildman–Crippen MR) is 63.6 cm³/mol. The molecule has 4 N–H and O–H groups in total. The van der Waals surface area contributed by atoms with Crippen LogP contribution in [0.1, 0.15) is 33.1 Å². The van der Waals surface area contributed by atoms with Crippen molar-refractivity contribution < 1.29 is 15.1 Å². The fourth-order valence-corrected chi connectivity index (χ4v) is 2.11. The molecular weight excluding hydrogens is 222 g/mol. The summed E-state index contributed by atoms with van der Waals surface area (Å²) in [6.07, 6.45) is 1.89. The lowest BCUT2D eigenvalue weighted by Gasteiger charge is -2.23. The molecule has 0 aliphatic carbocycles. The molecule has 98 valence electrons. The molecule has 1 aliphatic rings. The number of nitrogens with zero attached hydrogens (tertiary/aromatic N) is 2. The quantitative estimate of drug-likeness (QED) is 0.283. The van der Waals surface area contributed by atoms with E-state index in [0.717, 1.165) is 6.42 Å². The van der Waals surface area contributed by atoms with E-state index in [-0.39, 0.29) is 11.7 Å². The van der Waals surface area contributed by atoms with Gasteiger partial charge in [0.25, 0.3) is 0 Å². The van der Waals surface area contributed by atoms with Crippen LogP contribution in [0.25, 0.3) is 0 Å². The van der Waals surface area contributed by atoms with E-state index >= 15 is 0 Å². The van der Waals surface area contributed by atoms with Crippen molar-refractivity contribution in [2.75, 3.05) is 13.1 Å². The van der Waals surface area contributed by atoms with Gasteiger partial charge in [-0.1, -0.05) is 18.5 Å². The second-order valence-corrected chi connectivity index (χ2v) is 4.87. The van der Waals surface area contributed by atoms with Crippen molar-refractivity contribution >= 4 is 11.7 Å². The summed E-state index contributed by atoms with van der Waals surface area (Å²) in [4.78, 5) is 13.7. The SMILES string of the molecule is CCCC(C(=O)N1CCC(C)(O)C1)C(N)=NO. The predicted octanol–water partition coefficient (Wildman–Crippen LogP) is 0.132. The average molecular weight is 243 g/mol. The number of likely N-dealkylation sites (tertiary alicyclic amines) is 1. The van der Waals surface area contributed by atoms with Crippen LogP contribution in [0, 0.1) is 5.92 Å². The minimum absolute atomic E-state index is 0.0524. The lowest BCUT2D eigenvalue weighted by molar-refractivity contribution is -0.133. The van der Waals surface area contributed by atoms with Gasteiger partial charge in [0, 0.05) is 13.1 Å². The van der Waals surface area contributed by atoms with Gasteiger partial charge in [0.2, 0.25) is 5.91 Å². The van der Waals surface area contributed by atoms with E-state index in [1.807, 2.05) is 6.92 Å². The topological polar surface area (TPSA) is 99.2 Å². The van der Waals surface area contributed by atoms with Gasteiger partial charge in [-0.3, -0.25) is 4.79 Å². The molecular formula is C11H21N3O3. The first-order valence-corrected chi connectivity index (χ1v) is 5.90. The molecule has 1 aliphatic heterocycles. The Hall–Kier alpha value is -1.30. The summed E-state index contributed by atoms with van der Waals surface area (Å²) >= 11 is 0. The average Bonchev–Trinajstić information content (AvgIpc) is 2.64. The standard InChI is InChI=1S/C11H21N3O3/c1-3-4-8(9(12)13-17)10(15)14-6-5-11(2,16)7-14/h8,16-17H,3-7H2,1-2H3,(H2,12,13). The molecule has 0 spiro atoms. The van der Waals surface area contributed by atoms with Crippen molar-refractivity contribution in [2.45, 2.75) is 38.7 Å². The molecule has 6 heteroatoms. The Balaban J connectivity index is 2.72. The maximum atomic E-state index is 12.2. The molecule has 0 aromatic rings. The zero-order valence-electron chi connectivity index (χ0n) is 10.4. The number of amidine groups is 1. The number of nitrogens with two attached hydrogens (primary N) is 1. The van der Waals surface area contributed by atoms with Crippen LogP contribution in [0.3, 0.4) is 0 Å². The second-order valence-electron chi connectivity index (χ2n) is 4.87. The molecule has 1 amide bonds. The number of hydrogen-bond donors (Lipinski definition) is 3. The van der Waals surface area contributed by atoms with Gasteiger partial charge in [-0.05, 0) is 19.8 Å². The van der Waals surface area contributed by atoms with Crippen LogP contribution in [0.2, 0.25) is 0 Å². The van der Waals surface area contributed by atoms with Gasteiger partial charge in [-0.25, -0.2) is 0 Å². The number of oxime groups is 1. The van der Waals surface area contributed by atoms with E-state index in [2.05, 4.69) is 5.16 Å². The maximum Gasteiger partial charge on any atom is 0.233 e. The van der Waals surface area contributed by atoms with Gasteiger partial charge in [0.05, 0.1) is 11.5 Å². The Morgan fingerprint density at radius 3 is 2.71 bits per heavy atom. The van der Waals surface area contributed by atoms with Crippen molar-refractivity contribution in [2.24, 2.45) is 16.8 Å². The molecule has 1 rings (SSSR count). The summed E-state index contributed by atoms with van der Waals surface area (Å²) in [6, 6.07) is 0. The van der Waals surface area contributed by atoms with E-state index in [9.17, 15) is 9.90 Å². The Morgan fingerprint density at radius 2 is 2.29 bits per heavy atom. The van der Waals surface area contributed by atoms with Gasteiger partial charge < -0.3 is 20.9 Å². The van der Waals surface area contributed by atoms with Gasteiger partial charge >= 0.3 is 0 Å². The molecule has 1 heterocycles.